The van der Waals surface area contributed by atoms with Crippen LogP contribution in [0.15, 0.2) is 60.8 Å². The number of nitrogens with two attached hydrogens (primary N) is 2. The maximum absolute atomic E-state index is 13.5. The van der Waals surface area contributed by atoms with Crippen LogP contribution in [-0.2, 0) is 36.8 Å². The fraction of sp³-hybridized carbons (Fsp3) is 0.345. The van der Waals surface area contributed by atoms with E-state index in [-0.39, 0.29) is 19.3 Å². The van der Waals surface area contributed by atoms with Gasteiger partial charge in [0, 0.05) is 29.9 Å². The Balaban J connectivity index is 1.80. The molecule has 1 aromatic heterocycles. The molecular weight excluding hydrogens is 560 g/mol. The summed E-state index contributed by atoms with van der Waals surface area (Å²) in [6.07, 6.45) is 3.46. The Morgan fingerprint density at radius 3 is 2.14 bits per heavy atom. The molecule has 3 aromatic rings. The van der Waals surface area contributed by atoms with Crippen molar-refractivity contribution in [1.29, 1.82) is 0 Å². The number of hydrogen-bond donors (Lipinski definition) is 7. The van der Waals surface area contributed by atoms with Gasteiger partial charge in [-0.1, -0.05) is 48.5 Å². The van der Waals surface area contributed by atoms with Gasteiger partial charge in [-0.3, -0.25) is 19.2 Å². The van der Waals surface area contributed by atoms with Crippen LogP contribution in [0.3, 0.4) is 0 Å². The number of aromatic amines is 1. The maximum atomic E-state index is 13.5. The van der Waals surface area contributed by atoms with E-state index in [0.29, 0.717) is 11.3 Å². The number of primary amides is 1. The van der Waals surface area contributed by atoms with E-state index in [1.807, 2.05) is 36.6 Å². The monoisotopic (exact) mass is 596 g/mol. The summed E-state index contributed by atoms with van der Waals surface area (Å²) in [5, 5.41) is 18.6. The van der Waals surface area contributed by atoms with Crippen LogP contribution in [0.5, 0.6) is 0 Å². The number of nitrogens with one attached hydrogen (secondary N) is 4. The molecular formula is C29H36N6O6S. The zero-order valence-electron chi connectivity index (χ0n) is 23.2. The van der Waals surface area contributed by atoms with Crippen LogP contribution in [0.2, 0.25) is 0 Å². The quantitative estimate of drug-likeness (QED) is 0.123. The number of carboxylic acid groups (broad SMARTS) is 1. The van der Waals surface area contributed by atoms with Gasteiger partial charge in [-0.05, 0) is 35.6 Å². The highest BCUT2D eigenvalue weighted by atomic mass is 32.2. The van der Waals surface area contributed by atoms with E-state index in [2.05, 4.69) is 20.9 Å². The Bertz CT molecular complexity index is 1400. The average Bonchev–Trinajstić information content (AvgIpc) is 3.37. The van der Waals surface area contributed by atoms with Crippen molar-refractivity contribution in [1.82, 2.24) is 20.9 Å². The fourth-order valence-electron chi connectivity index (χ4n) is 4.42. The molecule has 3 rings (SSSR count). The highest BCUT2D eigenvalue weighted by Gasteiger charge is 2.31. The fourth-order valence-corrected chi connectivity index (χ4v) is 4.89. The lowest BCUT2D eigenvalue weighted by atomic mass is 10.0. The molecule has 0 radical (unpaired) electrons. The van der Waals surface area contributed by atoms with Gasteiger partial charge in [0.05, 0.1) is 12.5 Å². The molecule has 4 amide bonds. The zero-order valence-corrected chi connectivity index (χ0v) is 24.0. The van der Waals surface area contributed by atoms with Gasteiger partial charge in [0.2, 0.25) is 23.6 Å². The summed E-state index contributed by atoms with van der Waals surface area (Å²) in [5.74, 6) is -3.56. The third-order valence-corrected chi connectivity index (χ3v) is 7.27. The molecule has 0 bridgehead atoms. The van der Waals surface area contributed by atoms with Gasteiger partial charge in [-0.2, -0.15) is 11.8 Å². The van der Waals surface area contributed by atoms with Gasteiger partial charge in [0.25, 0.3) is 0 Å². The number of thioether (sulfide) groups is 1. The van der Waals surface area contributed by atoms with Crippen molar-refractivity contribution in [2.24, 2.45) is 11.5 Å². The van der Waals surface area contributed by atoms with Gasteiger partial charge >= 0.3 is 5.97 Å². The molecule has 0 aliphatic heterocycles. The van der Waals surface area contributed by atoms with Crippen LogP contribution < -0.4 is 27.4 Å². The van der Waals surface area contributed by atoms with E-state index in [4.69, 9.17) is 11.5 Å². The molecule has 13 heteroatoms. The number of hydrogen-bond acceptors (Lipinski definition) is 7. The number of fused-ring (bicyclic) bond motifs is 1. The minimum atomic E-state index is -1.27. The second kappa shape index (κ2) is 15.6. The minimum absolute atomic E-state index is 0.0151. The molecule has 0 aliphatic rings. The van der Waals surface area contributed by atoms with Crippen molar-refractivity contribution < 1.29 is 29.1 Å². The van der Waals surface area contributed by atoms with Crippen LogP contribution in [0.25, 0.3) is 10.9 Å². The van der Waals surface area contributed by atoms with E-state index in [1.165, 1.54) is 11.8 Å². The number of amides is 4. The van der Waals surface area contributed by atoms with Gasteiger partial charge < -0.3 is 37.5 Å². The molecule has 12 nitrogen and oxygen atoms in total. The molecule has 0 saturated carbocycles. The molecule has 2 aromatic carbocycles. The van der Waals surface area contributed by atoms with Gasteiger partial charge in [-0.15, -0.1) is 0 Å². The predicted octanol–water partition coefficient (Wildman–Crippen LogP) is 0.448. The van der Waals surface area contributed by atoms with Crippen molar-refractivity contribution in [2.45, 2.75) is 49.9 Å². The number of aromatic nitrogens is 1. The van der Waals surface area contributed by atoms with Gasteiger partial charge in [0.1, 0.15) is 18.1 Å². The standard InChI is InChI=1S/C29H36N6O6S/c1-42-12-11-22(33-26(37)20(30)15-25(31)36)27(38)34-23(13-17-7-3-2-4-8-17)28(39)35-24(29(40)41)14-18-16-32-21-10-6-5-9-19(18)21/h2-10,16,20,22-24,32H,11-15,30H2,1H3,(H2,31,36)(H,33,37)(H,34,38)(H,35,39)(H,40,41). The SMILES string of the molecule is CSCCC(NC(=O)C(N)CC(N)=O)C(=O)NC(Cc1ccccc1)C(=O)NC(Cc1c[nH]c2ccccc12)C(=O)O. The Morgan fingerprint density at radius 2 is 1.48 bits per heavy atom. The number of carbonyl (C=O) groups excluding carboxylic acids is 4. The first-order valence-corrected chi connectivity index (χ1v) is 14.7. The van der Waals surface area contributed by atoms with Crippen molar-refractivity contribution in [3.63, 3.8) is 0 Å². The third kappa shape index (κ3) is 9.35. The smallest absolute Gasteiger partial charge is 0.326 e. The summed E-state index contributed by atoms with van der Waals surface area (Å²) < 4.78 is 0. The zero-order chi connectivity index (χ0) is 30.6. The lowest BCUT2D eigenvalue weighted by molar-refractivity contribution is -0.142. The first-order valence-electron chi connectivity index (χ1n) is 13.3. The highest BCUT2D eigenvalue weighted by Crippen LogP contribution is 2.19. The summed E-state index contributed by atoms with van der Waals surface area (Å²) in [5.41, 5.74) is 13.2. The van der Waals surface area contributed by atoms with Crippen LogP contribution >= 0.6 is 11.8 Å². The van der Waals surface area contributed by atoms with Crippen LogP contribution in [0.1, 0.15) is 24.0 Å². The van der Waals surface area contributed by atoms with Crippen molar-refractivity contribution >= 4 is 52.3 Å². The van der Waals surface area contributed by atoms with Gasteiger partial charge in [0.15, 0.2) is 0 Å². The van der Waals surface area contributed by atoms with Crippen LogP contribution in [-0.4, -0.2) is 75.9 Å². The Morgan fingerprint density at radius 1 is 0.857 bits per heavy atom. The summed E-state index contributed by atoms with van der Waals surface area (Å²) in [4.78, 5) is 65.9. The third-order valence-electron chi connectivity index (χ3n) is 6.63. The molecule has 9 N–H and O–H groups in total. The summed E-state index contributed by atoms with van der Waals surface area (Å²) >= 11 is 1.45. The summed E-state index contributed by atoms with van der Waals surface area (Å²) in [6.45, 7) is 0. The second-order valence-electron chi connectivity index (χ2n) is 9.83. The van der Waals surface area contributed by atoms with Gasteiger partial charge in [-0.25, -0.2) is 4.79 Å². The highest BCUT2D eigenvalue weighted by molar-refractivity contribution is 7.98. The summed E-state index contributed by atoms with van der Waals surface area (Å²) in [7, 11) is 0. The van der Waals surface area contributed by atoms with Crippen molar-refractivity contribution in [2.75, 3.05) is 12.0 Å². The lowest BCUT2D eigenvalue weighted by Gasteiger charge is -2.25. The molecule has 0 aliphatic carbocycles. The topological polar surface area (TPSA) is 209 Å². The number of H-pyrrole nitrogens is 1. The molecule has 0 spiro atoms. The van der Waals surface area contributed by atoms with Crippen LogP contribution in [0.4, 0.5) is 0 Å². The number of aliphatic carboxylic acids is 1. The minimum Gasteiger partial charge on any atom is -0.480 e. The normalized spacial score (nSPS) is 13.9. The van der Waals surface area contributed by atoms with Crippen molar-refractivity contribution in [3.05, 3.63) is 71.9 Å². The lowest BCUT2D eigenvalue weighted by Crippen LogP contribution is -2.58. The molecule has 224 valence electrons. The van der Waals surface area contributed by atoms with E-state index < -0.39 is 60.2 Å². The molecule has 0 saturated heterocycles. The molecule has 1 heterocycles. The predicted molar refractivity (Wildman–Crippen MR) is 160 cm³/mol. The number of para-hydroxylation sites is 1. The van der Waals surface area contributed by atoms with Crippen molar-refractivity contribution in [3.8, 4) is 0 Å². The first-order chi connectivity index (χ1) is 20.1. The van der Waals surface area contributed by atoms with E-state index in [9.17, 15) is 29.1 Å². The molecule has 4 unspecified atom stereocenters. The Labute approximate surface area is 247 Å². The summed E-state index contributed by atoms with van der Waals surface area (Å²) in [6, 6.07) is 11.6. The Kier molecular flexibility index (Phi) is 11.9. The number of carboxylic acids is 1. The number of rotatable bonds is 16. The maximum Gasteiger partial charge on any atom is 0.326 e. The number of benzene rings is 2. The average molecular weight is 597 g/mol. The first kappa shape index (κ1) is 32.2. The number of carbonyl (C=O) groups is 5. The molecule has 4 atom stereocenters. The Hall–Kier alpha value is -4.36. The largest absolute Gasteiger partial charge is 0.480 e. The van der Waals surface area contributed by atoms with E-state index in [1.54, 1.807) is 30.5 Å². The van der Waals surface area contributed by atoms with E-state index in [0.717, 1.165) is 16.5 Å². The molecule has 42 heavy (non-hydrogen) atoms. The van der Waals surface area contributed by atoms with E-state index >= 15 is 0 Å². The van der Waals surface area contributed by atoms with Crippen LogP contribution in [0, 0.1) is 0 Å². The molecule has 0 fully saturated rings. The second-order valence-corrected chi connectivity index (χ2v) is 10.8.